The normalized spacial score (nSPS) is 15.6. The predicted octanol–water partition coefficient (Wildman–Crippen LogP) is 2.59. The van der Waals surface area contributed by atoms with Gasteiger partial charge in [0.25, 0.3) is 0 Å². The number of hydrogen-bond acceptors (Lipinski definition) is 3. The first-order valence-corrected chi connectivity index (χ1v) is 6.91. The van der Waals surface area contributed by atoms with E-state index in [-0.39, 0.29) is 12.5 Å². The summed E-state index contributed by atoms with van der Waals surface area (Å²) in [6.07, 6.45) is 0. The van der Waals surface area contributed by atoms with Crippen molar-refractivity contribution in [1.82, 2.24) is 0 Å². The van der Waals surface area contributed by atoms with Crippen molar-refractivity contribution in [2.24, 2.45) is 0 Å². The second-order valence-corrected chi connectivity index (χ2v) is 4.84. The number of para-hydroxylation sites is 1. The summed E-state index contributed by atoms with van der Waals surface area (Å²) >= 11 is 0. The van der Waals surface area contributed by atoms with Gasteiger partial charge >= 0.3 is 0 Å². The molecule has 3 heteroatoms. The molecule has 0 bridgehead atoms. The number of benzene rings is 2. The lowest BCUT2D eigenvalue weighted by molar-refractivity contribution is 0.248. The molecule has 0 aliphatic carbocycles. The lowest BCUT2D eigenvalue weighted by Gasteiger charge is -2.11. The standard InChI is InChI=1S/C18H16O3/c19-11-3-4-14-7-9-16(10-8-14)20-12-15-13-21-18-6-2-1-5-17(15)18/h1-2,5-10,15,19H,11-13H2. The summed E-state index contributed by atoms with van der Waals surface area (Å²) in [6, 6.07) is 15.6. The molecule has 1 aliphatic heterocycles. The van der Waals surface area contributed by atoms with Gasteiger partial charge in [0.2, 0.25) is 0 Å². The van der Waals surface area contributed by atoms with E-state index < -0.39 is 0 Å². The summed E-state index contributed by atoms with van der Waals surface area (Å²) in [5.41, 5.74) is 2.08. The minimum atomic E-state index is -0.126. The van der Waals surface area contributed by atoms with Gasteiger partial charge in [-0.3, -0.25) is 0 Å². The van der Waals surface area contributed by atoms with Crippen molar-refractivity contribution in [3.63, 3.8) is 0 Å². The first-order chi connectivity index (χ1) is 10.4. The molecule has 1 aliphatic rings. The van der Waals surface area contributed by atoms with Gasteiger partial charge in [0, 0.05) is 11.1 Å². The molecule has 2 aromatic rings. The molecule has 0 saturated heterocycles. The highest BCUT2D eigenvalue weighted by molar-refractivity contribution is 5.40. The average molecular weight is 280 g/mol. The van der Waals surface area contributed by atoms with Crippen molar-refractivity contribution < 1.29 is 14.6 Å². The maximum atomic E-state index is 8.66. The Labute approximate surface area is 124 Å². The molecule has 0 aromatic heterocycles. The van der Waals surface area contributed by atoms with Crippen molar-refractivity contribution in [3.8, 4) is 23.3 Å². The Hall–Kier alpha value is -2.44. The fourth-order valence-electron chi connectivity index (χ4n) is 2.34. The number of aliphatic hydroxyl groups excluding tert-OH is 1. The Kier molecular flexibility index (Phi) is 4.09. The van der Waals surface area contributed by atoms with E-state index in [9.17, 15) is 0 Å². The van der Waals surface area contributed by atoms with Crippen molar-refractivity contribution >= 4 is 0 Å². The van der Waals surface area contributed by atoms with Crippen LogP contribution < -0.4 is 9.47 Å². The molecular weight excluding hydrogens is 264 g/mol. The van der Waals surface area contributed by atoms with Crippen LogP contribution in [0.2, 0.25) is 0 Å². The highest BCUT2D eigenvalue weighted by Crippen LogP contribution is 2.33. The molecule has 1 unspecified atom stereocenters. The molecule has 0 spiro atoms. The average Bonchev–Trinajstić information content (AvgIpc) is 2.95. The molecule has 0 saturated carbocycles. The summed E-state index contributed by atoms with van der Waals surface area (Å²) in [5.74, 6) is 7.52. The third-order valence-corrected chi connectivity index (χ3v) is 3.42. The van der Waals surface area contributed by atoms with Gasteiger partial charge in [0.15, 0.2) is 0 Å². The van der Waals surface area contributed by atoms with E-state index in [4.69, 9.17) is 14.6 Å². The van der Waals surface area contributed by atoms with Crippen LogP contribution in [0.3, 0.4) is 0 Å². The van der Waals surface area contributed by atoms with Crippen LogP contribution in [0.15, 0.2) is 48.5 Å². The zero-order valence-electron chi connectivity index (χ0n) is 11.6. The molecular formula is C18H16O3. The molecule has 1 heterocycles. The van der Waals surface area contributed by atoms with Gasteiger partial charge in [-0.2, -0.15) is 0 Å². The smallest absolute Gasteiger partial charge is 0.123 e. The number of rotatable bonds is 3. The predicted molar refractivity (Wildman–Crippen MR) is 80.6 cm³/mol. The third-order valence-electron chi connectivity index (χ3n) is 3.42. The van der Waals surface area contributed by atoms with Crippen LogP contribution in [-0.4, -0.2) is 24.9 Å². The topological polar surface area (TPSA) is 38.7 Å². The molecule has 106 valence electrons. The molecule has 0 radical (unpaired) electrons. The van der Waals surface area contributed by atoms with Crippen molar-refractivity contribution in [2.75, 3.05) is 19.8 Å². The molecule has 3 nitrogen and oxygen atoms in total. The van der Waals surface area contributed by atoms with Crippen LogP contribution in [0.25, 0.3) is 0 Å². The summed E-state index contributed by atoms with van der Waals surface area (Å²) < 4.78 is 11.5. The highest BCUT2D eigenvalue weighted by atomic mass is 16.5. The lowest BCUT2D eigenvalue weighted by atomic mass is 10.0. The molecule has 2 aromatic carbocycles. The van der Waals surface area contributed by atoms with Gasteiger partial charge in [0.05, 0.1) is 19.1 Å². The van der Waals surface area contributed by atoms with E-state index in [0.717, 1.165) is 17.1 Å². The summed E-state index contributed by atoms with van der Waals surface area (Å²) in [6.45, 7) is 1.14. The Balaban J connectivity index is 1.61. The van der Waals surface area contributed by atoms with Crippen LogP contribution in [0.4, 0.5) is 0 Å². The van der Waals surface area contributed by atoms with Gasteiger partial charge in [-0.1, -0.05) is 30.0 Å². The lowest BCUT2D eigenvalue weighted by Crippen LogP contribution is -2.11. The van der Waals surface area contributed by atoms with Crippen molar-refractivity contribution in [1.29, 1.82) is 0 Å². The largest absolute Gasteiger partial charge is 0.493 e. The number of aliphatic hydroxyl groups is 1. The van der Waals surface area contributed by atoms with Crippen molar-refractivity contribution in [3.05, 3.63) is 59.7 Å². The van der Waals surface area contributed by atoms with E-state index in [0.29, 0.717) is 13.2 Å². The number of hydrogen-bond donors (Lipinski definition) is 1. The van der Waals surface area contributed by atoms with E-state index in [2.05, 4.69) is 17.9 Å². The van der Waals surface area contributed by atoms with Gasteiger partial charge in [-0.15, -0.1) is 0 Å². The van der Waals surface area contributed by atoms with Crippen LogP contribution in [0.5, 0.6) is 11.5 Å². The van der Waals surface area contributed by atoms with Gasteiger partial charge in [-0.25, -0.2) is 0 Å². The SMILES string of the molecule is OCC#Cc1ccc(OCC2COc3ccccc32)cc1. The highest BCUT2D eigenvalue weighted by Gasteiger charge is 2.23. The quantitative estimate of drug-likeness (QED) is 0.878. The van der Waals surface area contributed by atoms with E-state index >= 15 is 0 Å². The zero-order valence-corrected chi connectivity index (χ0v) is 11.6. The second kappa shape index (κ2) is 6.34. The minimum absolute atomic E-state index is 0.126. The van der Waals surface area contributed by atoms with Crippen LogP contribution >= 0.6 is 0 Å². The fraction of sp³-hybridized carbons (Fsp3) is 0.222. The first-order valence-electron chi connectivity index (χ1n) is 6.91. The summed E-state index contributed by atoms with van der Waals surface area (Å²) in [5, 5.41) is 8.66. The molecule has 21 heavy (non-hydrogen) atoms. The molecule has 3 rings (SSSR count). The fourth-order valence-corrected chi connectivity index (χ4v) is 2.34. The molecule has 0 fully saturated rings. The van der Waals surface area contributed by atoms with Gasteiger partial charge in [-0.05, 0) is 30.3 Å². The molecule has 1 atom stereocenters. The van der Waals surface area contributed by atoms with Crippen LogP contribution in [0.1, 0.15) is 17.0 Å². The van der Waals surface area contributed by atoms with Gasteiger partial charge < -0.3 is 14.6 Å². The minimum Gasteiger partial charge on any atom is -0.493 e. The summed E-state index contributed by atoms with van der Waals surface area (Å²) in [4.78, 5) is 0. The van der Waals surface area contributed by atoms with Crippen LogP contribution in [0, 0.1) is 11.8 Å². The first kappa shape index (κ1) is 13.5. The second-order valence-electron chi connectivity index (χ2n) is 4.84. The maximum absolute atomic E-state index is 8.66. The monoisotopic (exact) mass is 280 g/mol. The Bertz CT molecular complexity index is 665. The molecule has 1 N–H and O–H groups in total. The van der Waals surface area contributed by atoms with E-state index in [1.165, 1.54) is 5.56 Å². The number of fused-ring (bicyclic) bond motifs is 1. The van der Waals surface area contributed by atoms with Crippen molar-refractivity contribution in [2.45, 2.75) is 5.92 Å². The Morgan fingerprint density at radius 1 is 1.14 bits per heavy atom. The Morgan fingerprint density at radius 2 is 1.95 bits per heavy atom. The van der Waals surface area contributed by atoms with E-state index in [1.807, 2.05) is 42.5 Å². The molecule has 0 amide bonds. The summed E-state index contributed by atoms with van der Waals surface area (Å²) in [7, 11) is 0. The maximum Gasteiger partial charge on any atom is 0.123 e. The Morgan fingerprint density at radius 3 is 2.76 bits per heavy atom. The zero-order chi connectivity index (χ0) is 14.5. The third kappa shape index (κ3) is 3.18. The van der Waals surface area contributed by atoms with Gasteiger partial charge in [0.1, 0.15) is 18.1 Å². The number of ether oxygens (including phenoxy) is 2. The van der Waals surface area contributed by atoms with E-state index in [1.54, 1.807) is 0 Å². The van der Waals surface area contributed by atoms with Crippen LogP contribution in [-0.2, 0) is 0 Å².